The summed E-state index contributed by atoms with van der Waals surface area (Å²) in [5.74, 6) is 0.894. The summed E-state index contributed by atoms with van der Waals surface area (Å²) in [6.07, 6.45) is 1.20. The average Bonchev–Trinajstić information content (AvgIpc) is 3.01. The molecule has 2 aromatic carbocycles. The maximum absolute atomic E-state index is 12.6. The largest absolute Gasteiger partial charge is 0.493 e. The van der Waals surface area contributed by atoms with Crippen LogP contribution in [-0.4, -0.2) is 67.7 Å². The fourth-order valence-corrected chi connectivity index (χ4v) is 3.87. The molecule has 2 aromatic rings. The summed E-state index contributed by atoms with van der Waals surface area (Å²) in [7, 11) is 4.72. The van der Waals surface area contributed by atoms with Crippen LogP contribution >= 0.6 is 0 Å². The van der Waals surface area contributed by atoms with Crippen molar-refractivity contribution in [1.29, 1.82) is 0 Å². The van der Waals surface area contributed by atoms with Gasteiger partial charge in [-0.05, 0) is 49.6 Å². The quantitative estimate of drug-likeness (QED) is 0.578. The lowest BCUT2D eigenvalue weighted by Gasteiger charge is -2.22. The molecule has 9 nitrogen and oxygen atoms in total. The second kappa shape index (κ2) is 11.0. The van der Waals surface area contributed by atoms with Gasteiger partial charge in [0.2, 0.25) is 0 Å². The number of methoxy groups -OCH3 is 2. The second-order valence-electron chi connectivity index (χ2n) is 8.10. The number of rotatable bonds is 7. The van der Waals surface area contributed by atoms with Crippen LogP contribution < -0.4 is 20.1 Å². The van der Waals surface area contributed by atoms with Crippen molar-refractivity contribution in [2.24, 2.45) is 5.10 Å². The predicted molar refractivity (Wildman–Crippen MR) is 130 cm³/mol. The standard InChI is InChI=1S/C25H32N4O5/c1-6-19(14-30)27-24(31)17-9-7-16(8-10-17)23-20-13-22(34-5)21(33-4)12-18(20)11-15(2)29(28-23)25(32)26-3/h7-10,12-13,15,19,30H,6,11,14H2,1-5H3,(H,26,32)(H,27,31)/t15?,19-/m1/s1. The number of fused-ring (bicyclic) bond motifs is 1. The Bertz CT molecular complexity index is 1060. The molecule has 182 valence electrons. The molecule has 0 aliphatic carbocycles. The molecule has 9 heteroatoms. The summed E-state index contributed by atoms with van der Waals surface area (Å²) in [5.41, 5.74) is 3.57. The molecule has 0 radical (unpaired) electrons. The number of hydrogen-bond acceptors (Lipinski definition) is 6. The highest BCUT2D eigenvalue weighted by atomic mass is 16.5. The highest BCUT2D eigenvalue weighted by Gasteiger charge is 2.28. The van der Waals surface area contributed by atoms with Crippen molar-refractivity contribution >= 4 is 17.6 Å². The third kappa shape index (κ3) is 5.14. The van der Waals surface area contributed by atoms with Crippen LogP contribution in [0.4, 0.5) is 4.79 Å². The smallest absolute Gasteiger partial charge is 0.337 e. The number of benzene rings is 2. The fourth-order valence-electron chi connectivity index (χ4n) is 3.87. The van der Waals surface area contributed by atoms with Crippen LogP contribution in [0, 0.1) is 0 Å². The highest BCUT2D eigenvalue weighted by molar-refractivity contribution is 6.15. The van der Waals surface area contributed by atoms with E-state index >= 15 is 0 Å². The predicted octanol–water partition coefficient (Wildman–Crippen LogP) is 2.54. The number of hydrogen-bond donors (Lipinski definition) is 3. The first-order valence-electron chi connectivity index (χ1n) is 11.2. The molecular formula is C25H32N4O5. The van der Waals surface area contributed by atoms with E-state index < -0.39 is 0 Å². The molecule has 3 N–H and O–H groups in total. The zero-order valence-corrected chi connectivity index (χ0v) is 20.2. The number of aliphatic hydroxyl groups excluding tert-OH is 1. The van der Waals surface area contributed by atoms with Crippen LogP contribution in [0.15, 0.2) is 41.5 Å². The summed E-state index contributed by atoms with van der Waals surface area (Å²) in [5, 5.41) is 21.0. The summed E-state index contributed by atoms with van der Waals surface area (Å²) in [6, 6.07) is 9.96. The lowest BCUT2D eigenvalue weighted by molar-refractivity contribution is 0.0915. The van der Waals surface area contributed by atoms with Crippen molar-refractivity contribution in [3.63, 3.8) is 0 Å². The van der Waals surface area contributed by atoms with E-state index in [1.54, 1.807) is 45.5 Å². The third-order valence-electron chi connectivity index (χ3n) is 5.90. The van der Waals surface area contributed by atoms with Crippen molar-refractivity contribution in [2.75, 3.05) is 27.9 Å². The molecule has 0 saturated heterocycles. The van der Waals surface area contributed by atoms with E-state index in [0.717, 1.165) is 16.7 Å². The van der Waals surface area contributed by atoms with Crippen molar-refractivity contribution < 1.29 is 24.2 Å². The molecule has 0 saturated carbocycles. The zero-order valence-electron chi connectivity index (χ0n) is 20.2. The van der Waals surface area contributed by atoms with Gasteiger partial charge in [0, 0.05) is 23.7 Å². The van der Waals surface area contributed by atoms with Crippen LogP contribution in [0.1, 0.15) is 47.3 Å². The first-order chi connectivity index (χ1) is 16.4. The van der Waals surface area contributed by atoms with Crippen LogP contribution in [-0.2, 0) is 6.42 Å². The van der Waals surface area contributed by atoms with E-state index in [1.165, 1.54) is 5.01 Å². The lowest BCUT2D eigenvalue weighted by Crippen LogP contribution is -2.41. The Labute approximate surface area is 199 Å². The molecular weight excluding hydrogens is 436 g/mol. The van der Waals surface area contributed by atoms with Crippen molar-refractivity contribution in [3.8, 4) is 11.5 Å². The summed E-state index contributed by atoms with van der Waals surface area (Å²) >= 11 is 0. The monoisotopic (exact) mass is 468 g/mol. The minimum absolute atomic E-state index is 0.118. The van der Waals surface area contributed by atoms with E-state index in [0.29, 0.717) is 35.6 Å². The Hall–Kier alpha value is -3.59. The molecule has 3 rings (SSSR count). The number of ether oxygens (including phenoxy) is 2. The van der Waals surface area contributed by atoms with E-state index in [-0.39, 0.29) is 30.6 Å². The number of amides is 3. The SMILES string of the molecule is CC[C@H](CO)NC(=O)c1ccc(C2=NN(C(=O)NC)C(C)Cc3cc(OC)c(OC)cc32)cc1. The van der Waals surface area contributed by atoms with Gasteiger partial charge in [0.1, 0.15) is 0 Å². The van der Waals surface area contributed by atoms with Gasteiger partial charge >= 0.3 is 6.03 Å². The number of aliphatic hydroxyl groups is 1. The molecule has 0 spiro atoms. The molecule has 1 aliphatic heterocycles. The van der Waals surface area contributed by atoms with Crippen molar-refractivity contribution in [3.05, 3.63) is 58.7 Å². The zero-order chi connectivity index (χ0) is 24.8. The molecule has 1 aliphatic rings. The summed E-state index contributed by atoms with van der Waals surface area (Å²) < 4.78 is 11.0. The molecule has 1 heterocycles. The molecule has 34 heavy (non-hydrogen) atoms. The van der Waals surface area contributed by atoms with Gasteiger partial charge in [-0.2, -0.15) is 5.10 Å². The molecule has 1 unspecified atom stereocenters. The van der Waals surface area contributed by atoms with E-state index in [2.05, 4.69) is 10.6 Å². The van der Waals surface area contributed by atoms with Crippen molar-refractivity contribution in [2.45, 2.75) is 38.8 Å². The first kappa shape index (κ1) is 25.0. The van der Waals surface area contributed by atoms with Crippen LogP contribution in [0.2, 0.25) is 0 Å². The lowest BCUT2D eigenvalue weighted by atomic mass is 9.93. The molecule has 0 bridgehead atoms. The Morgan fingerprint density at radius 3 is 2.38 bits per heavy atom. The van der Waals surface area contributed by atoms with E-state index in [9.17, 15) is 14.7 Å². The van der Waals surface area contributed by atoms with Gasteiger partial charge in [-0.15, -0.1) is 0 Å². The van der Waals surface area contributed by atoms with Gasteiger partial charge < -0.3 is 25.2 Å². The maximum atomic E-state index is 12.6. The van der Waals surface area contributed by atoms with Gasteiger partial charge in [0.05, 0.1) is 38.6 Å². The second-order valence-corrected chi connectivity index (χ2v) is 8.10. The number of nitrogens with one attached hydrogen (secondary N) is 2. The van der Waals surface area contributed by atoms with Gasteiger partial charge in [-0.25, -0.2) is 9.80 Å². The Morgan fingerprint density at radius 2 is 1.82 bits per heavy atom. The van der Waals surface area contributed by atoms with Crippen LogP contribution in [0.3, 0.4) is 0 Å². The molecule has 2 atom stereocenters. The normalized spacial score (nSPS) is 16.0. The molecule has 3 amide bonds. The Kier molecular flexibility index (Phi) is 8.12. The first-order valence-corrected chi connectivity index (χ1v) is 11.2. The number of nitrogens with zero attached hydrogens (tertiary/aromatic N) is 2. The molecule has 0 fully saturated rings. The van der Waals surface area contributed by atoms with Crippen LogP contribution in [0.25, 0.3) is 0 Å². The Morgan fingerprint density at radius 1 is 1.18 bits per heavy atom. The Balaban J connectivity index is 2.08. The van der Waals surface area contributed by atoms with E-state index in [4.69, 9.17) is 14.6 Å². The highest BCUT2D eigenvalue weighted by Crippen LogP contribution is 2.34. The summed E-state index contributed by atoms with van der Waals surface area (Å²) in [6.45, 7) is 3.71. The molecule has 0 aromatic heterocycles. The number of carbonyl (C=O) groups is 2. The van der Waals surface area contributed by atoms with E-state index in [1.807, 2.05) is 26.0 Å². The maximum Gasteiger partial charge on any atom is 0.337 e. The van der Waals surface area contributed by atoms with Crippen LogP contribution in [0.5, 0.6) is 11.5 Å². The van der Waals surface area contributed by atoms with Gasteiger partial charge in [0.15, 0.2) is 11.5 Å². The number of carbonyl (C=O) groups excluding carboxylic acids is 2. The topological polar surface area (TPSA) is 112 Å². The minimum Gasteiger partial charge on any atom is -0.493 e. The average molecular weight is 469 g/mol. The third-order valence-corrected chi connectivity index (χ3v) is 5.90. The van der Waals surface area contributed by atoms with Gasteiger partial charge in [-0.1, -0.05) is 19.1 Å². The summed E-state index contributed by atoms with van der Waals surface area (Å²) in [4.78, 5) is 25.1. The minimum atomic E-state index is -0.317. The number of hydrazone groups is 1. The fraction of sp³-hybridized carbons (Fsp3) is 0.400. The van der Waals surface area contributed by atoms with Gasteiger partial charge in [-0.3, -0.25) is 4.79 Å². The van der Waals surface area contributed by atoms with Gasteiger partial charge in [0.25, 0.3) is 5.91 Å². The number of urea groups is 1. The van der Waals surface area contributed by atoms with Crippen molar-refractivity contribution in [1.82, 2.24) is 15.6 Å².